The SMILES string of the molecule is Cc1csc(C(O)(CC(=O)NCCC(=O)O)C(F)(F)F)n1. The second kappa shape index (κ2) is 6.39. The lowest BCUT2D eigenvalue weighted by Crippen LogP contribution is -2.46. The summed E-state index contributed by atoms with van der Waals surface area (Å²) in [5, 5.41) is 21.0. The average molecular weight is 326 g/mol. The van der Waals surface area contributed by atoms with Gasteiger partial charge in [-0.05, 0) is 6.92 Å². The van der Waals surface area contributed by atoms with Crippen molar-refractivity contribution in [1.29, 1.82) is 0 Å². The fourth-order valence-corrected chi connectivity index (χ4v) is 2.36. The molecule has 0 aliphatic rings. The van der Waals surface area contributed by atoms with Gasteiger partial charge in [0.25, 0.3) is 0 Å². The Morgan fingerprint density at radius 1 is 1.43 bits per heavy atom. The summed E-state index contributed by atoms with van der Waals surface area (Å²) in [6, 6.07) is 0. The van der Waals surface area contributed by atoms with Crippen LogP contribution in [-0.4, -0.2) is 39.8 Å². The third-order valence-corrected chi connectivity index (χ3v) is 3.63. The second-order valence-corrected chi connectivity index (χ2v) is 5.18. The Kier molecular flexibility index (Phi) is 5.29. The number of carboxylic acids is 1. The first-order chi connectivity index (χ1) is 9.56. The molecule has 6 nitrogen and oxygen atoms in total. The number of carbonyl (C=O) groups excluding carboxylic acids is 1. The van der Waals surface area contributed by atoms with Crippen molar-refractivity contribution in [2.75, 3.05) is 6.54 Å². The number of amides is 1. The molecule has 0 spiro atoms. The first-order valence-electron chi connectivity index (χ1n) is 5.76. The van der Waals surface area contributed by atoms with Crippen molar-refractivity contribution in [3.05, 3.63) is 16.1 Å². The number of aliphatic carboxylic acids is 1. The minimum Gasteiger partial charge on any atom is -0.481 e. The van der Waals surface area contributed by atoms with Gasteiger partial charge in [-0.2, -0.15) is 13.2 Å². The first kappa shape index (κ1) is 17.4. The van der Waals surface area contributed by atoms with E-state index in [1.54, 1.807) is 0 Å². The number of hydrogen-bond acceptors (Lipinski definition) is 5. The van der Waals surface area contributed by atoms with Crippen LogP contribution in [0.5, 0.6) is 0 Å². The number of carbonyl (C=O) groups is 2. The lowest BCUT2D eigenvalue weighted by molar-refractivity contribution is -0.267. The molecule has 0 aliphatic carbocycles. The van der Waals surface area contributed by atoms with Crippen LogP contribution in [-0.2, 0) is 15.2 Å². The van der Waals surface area contributed by atoms with E-state index in [0.29, 0.717) is 17.0 Å². The number of hydrogen-bond donors (Lipinski definition) is 3. The molecule has 1 amide bonds. The highest BCUT2D eigenvalue weighted by Crippen LogP contribution is 2.42. The molecule has 1 unspecified atom stereocenters. The second-order valence-electron chi connectivity index (χ2n) is 4.32. The van der Waals surface area contributed by atoms with Gasteiger partial charge in [-0.1, -0.05) is 0 Å². The molecule has 0 aromatic carbocycles. The summed E-state index contributed by atoms with van der Waals surface area (Å²) in [4.78, 5) is 25.3. The predicted octanol–water partition coefficient (Wildman–Crippen LogP) is 1.18. The standard InChI is InChI=1S/C11H13F3N2O4S/c1-6-5-21-9(16-6)10(20,11(12,13)14)4-7(17)15-3-2-8(18)19/h5,20H,2-4H2,1H3,(H,15,17)(H,18,19). The molecule has 3 N–H and O–H groups in total. The van der Waals surface area contributed by atoms with Crippen LogP contribution in [0.25, 0.3) is 0 Å². The van der Waals surface area contributed by atoms with Crippen molar-refractivity contribution in [2.24, 2.45) is 0 Å². The van der Waals surface area contributed by atoms with Gasteiger partial charge in [0.05, 0.1) is 12.8 Å². The highest BCUT2D eigenvalue weighted by Gasteiger charge is 2.58. The number of aliphatic hydroxyl groups is 1. The molecule has 0 fully saturated rings. The monoisotopic (exact) mass is 326 g/mol. The number of alkyl halides is 3. The maximum absolute atomic E-state index is 13.1. The van der Waals surface area contributed by atoms with E-state index in [1.165, 1.54) is 12.3 Å². The molecule has 0 saturated carbocycles. The molecule has 1 aromatic rings. The molecule has 0 radical (unpaired) electrons. The minimum absolute atomic E-state index is 0.295. The molecule has 21 heavy (non-hydrogen) atoms. The van der Waals surface area contributed by atoms with Crippen molar-refractivity contribution >= 4 is 23.2 Å². The van der Waals surface area contributed by atoms with Crippen LogP contribution < -0.4 is 5.32 Å². The third kappa shape index (κ3) is 4.39. The van der Waals surface area contributed by atoms with Crippen LogP contribution in [0.2, 0.25) is 0 Å². The van der Waals surface area contributed by atoms with E-state index in [0.717, 1.165) is 0 Å². The zero-order chi connectivity index (χ0) is 16.3. The molecule has 0 aliphatic heterocycles. The van der Waals surface area contributed by atoms with Gasteiger partial charge < -0.3 is 15.5 Å². The third-order valence-electron chi connectivity index (χ3n) is 2.52. The average Bonchev–Trinajstić information content (AvgIpc) is 2.74. The number of nitrogens with zero attached hydrogens (tertiary/aromatic N) is 1. The van der Waals surface area contributed by atoms with Gasteiger partial charge in [0, 0.05) is 17.6 Å². The van der Waals surface area contributed by atoms with E-state index in [1.807, 2.05) is 5.32 Å². The van der Waals surface area contributed by atoms with Crippen LogP contribution in [0.15, 0.2) is 5.38 Å². The van der Waals surface area contributed by atoms with Gasteiger partial charge >= 0.3 is 12.1 Å². The van der Waals surface area contributed by atoms with Crippen molar-refractivity contribution in [3.63, 3.8) is 0 Å². The molecule has 1 atom stereocenters. The zero-order valence-electron chi connectivity index (χ0n) is 10.9. The number of halogens is 3. The highest BCUT2D eigenvalue weighted by atomic mass is 32.1. The topological polar surface area (TPSA) is 99.5 Å². The van der Waals surface area contributed by atoms with Crippen LogP contribution in [0.1, 0.15) is 23.5 Å². The fourth-order valence-electron chi connectivity index (χ4n) is 1.44. The Bertz CT molecular complexity index is 532. The van der Waals surface area contributed by atoms with E-state index < -0.39 is 41.5 Å². The Morgan fingerprint density at radius 3 is 2.48 bits per heavy atom. The predicted molar refractivity (Wildman–Crippen MR) is 66.7 cm³/mol. The van der Waals surface area contributed by atoms with E-state index in [4.69, 9.17) is 5.11 Å². The maximum Gasteiger partial charge on any atom is 0.424 e. The normalized spacial score (nSPS) is 14.5. The summed E-state index contributed by atoms with van der Waals surface area (Å²) >= 11 is 0.599. The lowest BCUT2D eigenvalue weighted by atomic mass is 9.99. The number of thiazole rings is 1. The summed E-state index contributed by atoms with van der Waals surface area (Å²) in [6.45, 7) is 1.14. The molecule has 1 heterocycles. The molecule has 1 aromatic heterocycles. The summed E-state index contributed by atoms with van der Waals surface area (Å²) in [5.74, 6) is -2.30. The molecular formula is C11H13F3N2O4S. The van der Waals surface area contributed by atoms with Crippen LogP contribution >= 0.6 is 11.3 Å². The molecule has 0 bridgehead atoms. The zero-order valence-corrected chi connectivity index (χ0v) is 11.7. The molecule has 10 heteroatoms. The van der Waals surface area contributed by atoms with Gasteiger partial charge in [-0.25, -0.2) is 4.98 Å². The van der Waals surface area contributed by atoms with Crippen LogP contribution in [0, 0.1) is 6.92 Å². The van der Waals surface area contributed by atoms with Gasteiger partial charge in [0.2, 0.25) is 11.5 Å². The van der Waals surface area contributed by atoms with Crippen LogP contribution in [0.4, 0.5) is 13.2 Å². The summed E-state index contributed by atoms with van der Waals surface area (Å²) in [6.07, 6.45) is -6.78. The molecular weight excluding hydrogens is 313 g/mol. The Labute approximate surface area is 121 Å². The van der Waals surface area contributed by atoms with Crippen molar-refractivity contribution in [2.45, 2.75) is 31.5 Å². The smallest absolute Gasteiger partial charge is 0.424 e. The molecule has 0 saturated heterocycles. The lowest BCUT2D eigenvalue weighted by Gasteiger charge is -2.27. The summed E-state index contributed by atoms with van der Waals surface area (Å²) < 4.78 is 39.2. The Morgan fingerprint density at radius 2 is 2.05 bits per heavy atom. The fraction of sp³-hybridized carbons (Fsp3) is 0.545. The summed E-state index contributed by atoms with van der Waals surface area (Å²) in [5.41, 5.74) is -3.09. The van der Waals surface area contributed by atoms with E-state index in [-0.39, 0.29) is 6.54 Å². The highest BCUT2D eigenvalue weighted by molar-refractivity contribution is 7.09. The van der Waals surface area contributed by atoms with E-state index in [9.17, 15) is 27.9 Å². The van der Waals surface area contributed by atoms with Gasteiger partial charge in [0.15, 0.2) is 0 Å². The van der Waals surface area contributed by atoms with Crippen molar-refractivity contribution in [3.8, 4) is 0 Å². The largest absolute Gasteiger partial charge is 0.481 e. The molecule has 118 valence electrons. The van der Waals surface area contributed by atoms with E-state index in [2.05, 4.69) is 4.98 Å². The van der Waals surface area contributed by atoms with Gasteiger partial charge in [-0.3, -0.25) is 9.59 Å². The minimum atomic E-state index is -5.08. The number of aryl methyl sites for hydroxylation is 1. The Hall–Kier alpha value is -1.68. The number of aromatic nitrogens is 1. The van der Waals surface area contributed by atoms with Gasteiger partial charge in [0.1, 0.15) is 5.01 Å². The quantitative estimate of drug-likeness (QED) is 0.729. The first-order valence-corrected chi connectivity index (χ1v) is 6.64. The van der Waals surface area contributed by atoms with Crippen molar-refractivity contribution in [1.82, 2.24) is 10.3 Å². The summed E-state index contributed by atoms with van der Waals surface area (Å²) in [7, 11) is 0. The molecule has 1 rings (SSSR count). The Balaban J connectivity index is 2.85. The maximum atomic E-state index is 13.1. The number of nitrogens with one attached hydrogen (secondary N) is 1. The van der Waals surface area contributed by atoms with Crippen LogP contribution in [0.3, 0.4) is 0 Å². The number of carboxylic acid groups (broad SMARTS) is 1. The van der Waals surface area contributed by atoms with Crippen molar-refractivity contribution < 1.29 is 33.0 Å². The van der Waals surface area contributed by atoms with Gasteiger partial charge in [-0.15, -0.1) is 11.3 Å². The van der Waals surface area contributed by atoms with E-state index >= 15 is 0 Å². The number of rotatable bonds is 6.